The molecular formula is C23H19N3O5S. The van der Waals surface area contributed by atoms with Gasteiger partial charge >= 0.3 is 11.9 Å². The van der Waals surface area contributed by atoms with Gasteiger partial charge in [0.2, 0.25) is 0 Å². The fraction of sp³-hybridized carbons (Fsp3) is 0.130. The Hall–Kier alpha value is -3.98. The smallest absolute Gasteiger partial charge is 0.337 e. The van der Waals surface area contributed by atoms with Gasteiger partial charge in [0.25, 0.3) is 5.91 Å². The highest BCUT2D eigenvalue weighted by atomic mass is 32.1. The molecule has 0 saturated carbocycles. The summed E-state index contributed by atoms with van der Waals surface area (Å²) >= 11 is 1.30. The van der Waals surface area contributed by atoms with Crippen molar-refractivity contribution in [2.45, 2.75) is 6.92 Å². The summed E-state index contributed by atoms with van der Waals surface area (Å²) in [7, 11) is 2.47. The van der Waals surface area contributed by atoms with Gasteiger partial charge in [-0.1, -0.05) is 18.2 Å². The highest BCUT2D eigenvalue weighted by Gasteiger charge is 2.19. The number of rotatable bonds is 5. The zero-order chi connectivity index (χ0) is 22.8. The van der Waals surface area contributed by atoms with Gasteiger partial charge in [0.1, 0.15) is 4.83 Å². The monoisotopic (exact) mass is 449 g/mol. The Morgan fingerprint density at radius 3 is 2.16 bits per heavy atom. The van der Waals surface area contributed by atoms with Gasteiger partial charge in [-0.25, -0.2) is 14.3 Å². The number of nitrogens with one attached hydrogen (secondary N) is 1. The lowest BCUT2D eigenvalue weighted by molar-refractivity contribution is 0.0599. The van der Waals surface area contributed by atoms with E-state index in [0.717, 1.165) is 21.6 Å². The van der Waals surface area contributed by atoms with Crippen molar-refractivity contribution in [1.82, 2.24) is 9.78 Å². The van der Waals surface area contributed by atoms with E-state index < -0.39 is 11.9 Å². The van der Waals surface area contributed by atoms with Gasteiger partial charge < -0.3 is 14.8 Å². The third kappa shape index (κ3) is 3.97. The fourth-order valence-corrected chi connectivity index (χ4v) is 4.35. The van der Waals surface area contributed by atoms with E-state index in [1.165, 1.54) is 43.8 Å². The Bertz CT molecular complexity index is 1310. The average molecular weight is 449 g/mol. The van der Waals surface area contributed by atoms with Crippen LogP contribution in [-0.2, 0) is 9.47 Å². The third-order valence-corrected chi connectivity index (χ3v) is 5.91. The Balaban J connectivity index is 1.68. The van der Waals surface area contributed by atoms with Crippen LogP contribution in [0.15, 0.2) is 54.6 Å². The van der Waals surface area contributed by atoms with Gasteiger partial charge in [-0.2, -0.15) is 5.10 Å². The van der Waals surface area contributed by atoms with E-state index in [0.29, 0.717) is 4.88 Å². The molecule has 0 radical (unpaired) electrons. The molecule has 0 aliphatic heterocycles. The second kappa shape index (κ2) is 8.64. The first-order chi connectivity index (χ1) is 15.4. The number of esters is 2. The second-order valence-corrected chi connectivity index (χ2v) is 7.93. The summed E-state index contributed by atoms with van der Waals surface area (Å²) in [5, 5.41) is 8.21. The number of methoxy groups -OCH3 is 2. The second-order valence-electron chi connectivity index (χ2n) is 6.90. The Morgan fingerprint density at radius 1 is 0.938 bits per heavy atom. The van der Waals surface area contributed by atoms with Gasteiger partial charge in [-0.05, 0) is 43.3 Å². The van der Waals surface area contributed by atoms with Crippen LogP contribution >= 0.6 is 11.3 Å². The topological polar surface area (TPSA) is 99.5 Å². The summed E-state index contributed by atoms with van der Waals surface area (Å²) in [6, 6.07) is 15.7. The van der Waals surface area contributed by atoms with Gasteiger partial charge in [0, 0.05) is 11.1 Å². The molecule has 4 rings (SSSR count). The average Bonchev–Trinajstić information content (AvgIpc) is 3.39. The lowest BCUT2D eigenvalue weighted by Crippen LogP contribution is -2.13. The quantitative estimate of drug-likeness (QED) is 0.458. The first-order valence-electron chi connectivity index (χ1n) is 9.59. The standard InChI is InChI=1S/C23H19N3O5S/c1-13-18-12-19(32-21(18)26(25-13)17-7-5-4-6-8-17)20(27)24-16-10-14(22(28)30-2)9-15(11-16)23(29)31-3/h4-12H,1-3H3,(H,24,27). The largest absolute Gasteiger partial charge is 0.465 e. The van der Waals surface area contributed by atoms with Crippen LogP contribution in [0, 0.1) is 6.92 Å². The Labute approximate surface area is 187 Å². The maximum absolute atomic E-state index is 13.0. The number of fused-ring (bicyclic) bond motifs is 1. The molecule has 162 valence electrons. The highest BCUT2D eigenvalue weighted by Crippen LogP contribution is 2.31. The number of aryl methyl sites for hydroxylation is 1. The highest BCUT2D eigenvalue weighted by molar-refractivity contribution is 7.20. The normalized spacial score (nSPS) is 10.7. The van der Waals surface area contributed by atoms with Crippen molar-refractivity contribution in [2.24, 2.45) is 0 Å². The summed E-state index contributed by atoms with van der Waals surface area (Å²) in [5.41, 5.74) is 2.22. The molecule has 0 atom stereocenters. The first kappa shape index (κ1) is 21.3. The molecule has 0 bridgehead atoms. The zero-order valence-electron chi connectivity index (χ0n) is 17.5. The van der Waals surface area contributed by atoms with Gasteiger partial charge in [-0.15, -0.1) is 11.3 Å². The van der Waals surface area contributed by atoms with Crippen molar-refractivity contribution < 1.29 is 23.9 Å². The number of hydrogen-bond acceptors (Lipinski definition) is 7. The number of carbonyl (C=O) groups is 3. The Morgan fingerprint density at radius 2 is 1.56 bits per heavy atom. The minimum absolute atomic E-state index is 0.123. The van der Waals surface area contributed by atoms with Crippen molar-refractivity contribution in [1.29, 1.82) is 0 Å². The number of anilines is 1. The van der Waals surface area contributed by atoms with Crippen LogP contribution in [0.5, 0.6) is 0 Å². The molecular weight excluding hydrogens is 430 g/mol. The molecule has 2 heterocycles. The molecule has 0 fully saturated rings. The number of carbonyl (C=O) groups excluding carboxylic acids is 3. The van der Waals surface area contributed by atoms with E-state index in [1.54, 1.807) is 10.7 Å². The lowest BCUT2D eigenvalue weighted by atomic mass is 10.1. The minimum Gasteiger partial charge on any atom is -0.465 e. The van der Waals surface area contributed by atoms with E-state index in [1.807, 2.05) is 37.3 Å². The molecule has 0 spiro atoms. The van der Waals surface area contributed by atoms with Crippen molar-refractivity contribution >= 4 is 45.1 Å². The summed E-state index contributed by atoms with van der Waals surface area (Å²) in [5.74, 6) is -1.64. The molecule has 0 aliphatic rings. The number of amides is 1. The number of ether oxygens (including phenoxy) is 2. The van der Waals surface area contributed by atoms with Gasteiger partial charge in [0.05, 0.1) is 41.6 Å². The molecule has 9 heteroatoms. The van der Waals surface area contributed by atoms with Crippen LogP contribution < -0.4 is 5.32 Å². The predicted molar refractivity (Wildman–Crippen MR) is 121 cm³/mol. The molecule has 8 nitrogen and oxygen atoms in total. The maximum Gasteiger partial charge on any atom is 0.337 e. The lowest BCUT2D eigenvalue weighted by Gasteiger charge is -2.09. The zero-order valence-corrected chi connectivity index (χ0v) is 18.4. The number of para-hydroxylation sites is 1. The molecule has 2 aromatic heterocycles. The minimum atomic E-state index is -0.633. The van der Waals surface area contributed by atoms with Crippen molar-refractivity contribution in [3.63, 3.8) is 0 Å². The summed E-state index contributed by atoms with van der Waals surface area (Å²) in [6.07, 6.45) is 0. The summed E-state index contributed by atoms with van der Waals surface area (Å²) in [4.78, 5) is 38.3. The molecule has 1 amide bonds. The van der Waals surface area contributed by atoms with Crippen molar-refractivity contribution in [3.05, 3.63) is 76.3 Å². The molecule has 32 heavy (non-hydrogen) atoms. The van der Waals surface area contributed by atoms with Crippen molar-refractivity contribution in [2.75, 3.05) is 19.5 Å². The number of thiophene rings is 1. The molecule has 0 aliphatic carbocycles. The van der Waals surface area contributed by atoms with Crippen LogP contribution in [-0.4, -0.2) is 41.8 Å². The number of benzene rings is 2. The van der Waals surface area contributed by atoms with E-state index in [9.17, 15) is 14.4 Å². The molecule has 4 aromatic rings. The molecule has 2 aromatic carbocycles. The van der Waals surface area contributed by atoms with Crippen molar-refractivity contribution in [3.8, 4) is 5.69 Å². The summed E-state index contributed by atoms with van der Waals surface area (Å²) in [6.45, 7) is 1.89. The molecule has 0 unspecified atom stereocenters. The predicted octanol–water partition coefficient (Wildman–Crippen LogP) is 4.22. The SMILES string of the molecule is COC(=O)c1cc(NC(=O)c2cc3c(C)nn(-c4ccccc4)c3s2)cc(C(=O)OC)c1. The molecule has 0 saturated heterocycles. The third-order valence-electron chi connectivity index (χ3n) is 4.80. The summed E-state index contributed by atoms with van der Waals surface area (Å²) < 4.78 is 11.3. The van der Waals surface area contributed by atoms with Crippen LogP contribution in [0.1, 0.15) is 36.1 Å². The first-order valence-corrected chi connectivity index (χ1v) is 10.4. The number of aromatic nitrogens is 2. The maximum atomic E-state index is 13.0. The van der Waals surface area contributed by atoms with Crippen LogP contribution in [0.25, 0.3) is 15.9 Å². The van der Waals surface area contributed by atoms with E-state index in [-0.39, 0.29) is 22.7 Å². The van der Waals surface area contributed by atoms with Gasteiger partial charge in [0.15, 0.2) is 0 Å². The van der Waals surface area contributed by atoms with E-state index >= 15 is 0 Å². The fourth-order valence-electron chi connectivity index (χ4n) is 3.27. The van der Waals surface area contributed by atoms with E-state index in [4.69, 9.17) is 9.47 Å². The van der Waals surface area contributed by atoms with Gasteiger partial charge in [-0.3, -0.25) is 4.79 Å². The van der Waals surface area contributed by atoms with Crippen LogP contribution in [0.2, 0.25) is 0 Å². The number of hydrogen-bond donors (Lipinski definition) is 1. The molecule has 1 N–H and O–H groups in total. The Kier molecular flexibility index (Phi) is 5.74. The number of nitrogens with zero attached hydrogens (tertiary/aromatic N) is 2. The van der Waals surface area contributed by atoms with Crippen LogP contribution in [0.3, 0.4) is 0 Å². The van der Waals surface area contributed by atoms with E-state index in [2.05, 4.69) is 10.4 Å². The van der Waals surface area contributed by atoms with Crippen LogP contribution in [0.4, 0.5) is 5.69 Å².